The zero-order valence-electron chi connectivity index (χ0n) is 11.1. The third-order valence-electron chi connectivity index (χ3n) is 3.55. The van der Waals surface area contributed by atoms with Crippen LogP contribution in [0.25, 0.3) is 0 Å². The molecular weight excluding hydrogens is 230 g/mol. The molecule has 1 aliphatic rings. The van der Waals surface area contributed by atoms with Gasteiger partial charge in [-0.2, -0.15) is 0 Å². The van der Waals surface area contributed by atoms with Crippen molar-refractivity contribution >= 4 is 0 Å². The fraction of sp³-hybridized carbons (Fsp3) is 0.571. The molecule has 3 atom stereocenters. The second kappa shape index (κ2) is 5.59. The quantitative estimate of drug-likeness (QED) is 0.841. The van der Waals surface area contributed by atoms with Crippen LogP contribution in [0.2, 0.25) is 0 Å². The van der Waals surface area contributed by atoms with E-state index in [1.807, 2.05) is 25.1 Å². The van der Waals surface area contributed by atoms with Gasteiger partial charge in [-0.05, 0) is 37.5 Å². The van der Waals surface area contributed by atoms with Crippen LogP contribution < -0.4 is 14.8 Å². The summed E-state index contributed by atoms with van der Waals surface area (Å²) in [5.74, 6) is 1.85. The summed E-state index contributed by atoms with van der Waals surface area (Å²) in [6.07, 6.45) is 0. The molecule has 3 unspecified atom stereocenters. The topological polar surface area (TPSA) is 50.7 Å². The maximum absolute atomic E-state index is 9.14. The molecule has 2 N–H and O–H groups in total. The first-order valence-electron chi connectivity index (χ1n) is 6.38. The highest BCUT2D eigenvalue weighted by Gasteiger charge is 2.18. The average molecular weight is 251 g/mol. The van der Waals surface area contributed by atoms with Crippen molar-refractivity contribution in [2.24, 2.45) is 5.92 Å². The molecule has 2 rings (SSSR count). The second-order valence-corrected chi connectivity index (χ2v) is 4.95. The Morgan fingerprint density at radius 3 is 2.67 bits per heavy atom. The van der Waals surface area contributed by atoms with Crippen LogP contribution in [0.4, 0.5) is 0 Å². The minimum absolute atomic E-state index is 0.196. The molecule has 0 saturated heterocycles. The smallest absolute Gasteiger partial charge is 0.231 e. The minimum Gasteiger partial charge on any atom is -0.454 e. The minimum atomic E-state index is 0.196. The van der Waals surface area contributed by atoms with Crippen molar-refractivity contribution in [1.82, 2.24) is 5.32 Å². The first kappa shape index (κ1) is 13.2. The molecule has 0 aliphatic carbocycles. The van der Waals surface area contributed by atoms with Crippen molar-refractivity contribution in [3.8, 4) is 11.5 Å². The molecule has 4 nitrogen and oxygen atoms in total. The number of benzene rings is 1. The first-order valence-corrected chi connectivity index (χ1v) is 6.38. The molecule has 1 heterocycles. The maximum Gasteiger partial charge on any atom is 0.231 e. The van der Waals surface area contributed by atoms with Crippen molar-refractivity contribution in [3.63, 3.8) is 0 Å². The summed E-state index contributed by atoms with van der Waals surface area (Å²) in [5, 5.41) is 12.6. The zero-order valence-corrected chi connectivity index (χ0v) is 11.1. The van der Waals surface area contributed by atoms with E-state index in [-0.39, 0.29) is 24.6 Å². The average Bonchev–Trinajstić information content (AvgIpc) is 2.84. The highest BCUT2D eigenvalue weighted by Crippen LogP contribution is 2.34. The van der Waals surface area contributed by atoms with Crippen molar-refractivity contribution in [2.45, 2.75) is 32.9 Å². The molecule has 0 spiro atoms. The molecule has 0 radical (unpaired) electrons. The summed E-state index contributed by atoms with van der Waals surface area (Å²) in [7, 11) is 0. The van der Waals surface area contributed by atoms with E-state index in [0.717, 1.165) is 17.1 Å². The summed E-state index contributed by atoms with van der Waals surface area (Å²) in [6.45, 7) is 6.73. The van der Waals surface area contributed by atoms with E-state index in [1.165, 1.54) is 0 Å². The van der Waals surface area contributed by atoms with Gasteiger partial charge in [-0.15, -0.1) is 0 Å². The lowest BCUT2D eigenvalue weighted by atomic mass is 10.0. The lowest BCUT2D eigenvalue weighted by molar-refractivity contribution is 0.174. The van der Waals surface area contributed by atoms with Gasteiger partial charge in [-0.3, -0.25) is 0 Å². The van der Waals surface area contributed by atoms with Crippen LogP contribution in [0.1, 0.15) is 32.4 Å². The normalized spacial score (nSPS) is 18.4. The fourth-order valence-electron chi connectivity index (χ4n) is 2.00. The Balaban J connectivity index is 2.03. The molecule has 0 aromatic heterocycles. The summed E-state index contributed by atoms with van der Waals surface area (Å²) >= 11 is 0. The molecule has 18 heavy (non-hydrogen) atoms. The standard InChI is InChI=1S/C14H21NO3/c1-9(7-16)10(2)15-11(3)12-4-5-13-14(6-12)18-8-17-13/h4-6,9-11,15-16H,7-8H2,1-3H3. The van der Waals surface area contributed by atoms with Gasteiger partial charge in [0.25, 0.3) is 0 Å². The Morgan fingerprint density at radius 1 is 1.22 bits per heavy atom. The van der Waals surface area contributed by atoms with Crippen LogP contribution in [0.15, 0.2) is 18.2 Å². The van der Waals surface area contributed by atoms with Crippen LogP contribution in [0, 0.1) is 5.92 Å². The SMILES string of the molecule is CC(NC(C)C(C)CO)c1ccc2c(c1)OCO2. The Hall–Kier alpha value is -1.26. The monoisotopic (exact) mass is 251 g/mol. The van der Waals surface area contributed by atoms with Crippen LogP contribution >= 0.6 is 0 Å². The van der Waals surface area contributed by atoms with Gasteiger partial charge in [0.2, 0.25) is 6.79 Å². The Bertz CT molecular complexity index is 408. The Kier molecular flexibility index (Phi) is 4.09. The van der Waals surface area contributed by atoms with Crippen molar-refractivity contribution in [1.29, 1.82) is 0 Å². The molecule has 0 bridgehead atoms. The number of hydrogen-bond acceptors (Lipinski definition) is 4. The van der Waals surface area contributed by atoms with Gasteiger partial charge in [0.15, 0.2) is 11.5 Å². The number of aliphatic hydroxyl groups is 1. The van der Waals surface area contributed by atoms with E-state index in [4.69, 9.17) is 14.6 Å². The molecule has 1 aromatic rings. The molecule has 1 aliphatic heterocycles. The lowest BCUT2D eigenvalue weighted by Crippen LogP contribution is -2.35. The molecule has 1 aromatic carbocycles. The largest absolute Gasteiger partial charge is 0.454 e. The molecule has 0 fully saturated rings. The van der Waals surface area contributed by atoms with Gasteiger partial charge in [0.05, 0.1) is 0 Å². The summed E-state index contributed by atoms with van der Waals surface area (Å²) in [5.41, 5.74) is 1.16. The van der Waals surface area contributed by atoms with Gasteiger partial charge in [-0.1, -0.05) is 13.0 Å². The fourth-order valence-corrected chi connectivity index (χ4v) is 2.00. The van der Waals surface area contributed by atoms with E-state index in [9.17, 15) is 0 Å². The van der Waals surface area contributed by atoms with E-state index < -0.39 is 0 Å². The molecular formula is C14H21NO3. The predicted molar refractivity (Wildman–Crippen MR) is 69.8 cm³/mol. The third-order valence-corrected chi connectivity index (χ3v) is 3.55. The maximum atomic E-state index is 9.14. The highest BCUT2D eigenvalue weighted by atomic mass is 16.7. The van der Waals surface area contributed by atoms with Crippen molar-refractivity contribution < 1.29 is 14.6 Å². The van der Waals surface area contributed by atoms with Gasteiger partial charge in [0, 0.05) is 18.7 Å². The second-order valence-electron chi connectivity index (χ2n) is 4.95. The molecule has 0 amide bonds. The first-order chi connectivity index (χ1) is 8.61. The van der Waals surface area contributed by atoms with Gasteiger partial charge < -0.3 is 19.9 Å². The Labute approximate surface area is 108 Å². The molecule has 100 valence electrons. The molecule has 0 saturated carbocycles. The van der Waals surface area contributed by atoms with Crippen LogP contribution in [-0.2, 0) is 0 Å². The highest BCUT2D eigenvalue weighted by molar-refractivity contribution is 5.45. The number of rotatable bonds is 5. The van der Waals surface area contributed by atoms with E-state index >= 15 is 0 Å². The van der Waals surface area contributed by atoms with Crippen molar-refractivity contribution in [2.75, 3.05) is 13.4 Å². The third kappa shape index (κ3) is 2.76. The van der Waals surface area contributed by atoms with E-state index in [2.05, 4.69) is 19.2 Å². The number of fused-ring (bicyclic) bond motifs is 1. The summed E-state index contributed by atoms with van der Waals surface area (Å²) < 4.78 is 10.7. The van der Waals surface area contributed by atoms with Gasteiger partial charge in [0.1, 0.15) is 0 Å². The van der Waals surface area contributed by atoms with Crippen LogP contribution in [0.3, 0.4) is 0 Å². The summed E-state index contributed by atoms with van der Waals surface area (Å²) in [4.78, 5) is 0. The Morgan fingerprint density at radius 2 is 1.94 bits per heavy atom. The van der Waals surface area contributed by atoms with E-state index in [1.54, 1.807) is 0 Å². The van der Waals surface area contributed by atoms with Crippen molar-refractivity contribution in [3.05, 3.63) is 23.8 Å². The summed E-state index contributed by atoms with van der Waals surface area (Å²) in [6, 6.07) is 6.47. The molecule has 4 heteroatoms. The van der Waals surface area contributed by atoms with E-state index in [0.29, 0.717) is 6.79 Å². The van der Waals surface area contributed by atoms with Gasteiger partial charge in [-0.25, -0.2) is 0 Å². The lowest BCUT2D eigenvalue weighted by Gasteiger charge is -2.24. The van der Waals surface area contributed by atoms with Crippen LogP contribution in [-0.4, -0.2) is 24.5 Å². The number of ether oxygens (including phenoxy) is 2. The van der Waals surface area contributed by atoms with Crippen LogP contribution in [0.5, 0.6) is 11.5 Å². The predicted octanol–water partition coefficient (Wildman–Crippen LogP) is 2.08. The number of aliphatic hydroxyl groups excluding tert-OH is 1. The number of nitrogens with one attached hydrogen (secondary N) is 1. The zero-order chi connectivity index (χ0) is 13.1. The number of hydrogen-bond donors (Lipinski definition) is 2. The van der Waals surface area contributed by atoms with Gasteiger partial charge >= 0.3 is 0 Å².